The van der Waals surface area contributed by atoms with E-state index >= 15 is 0 Å². The highest BCUT2D eigenvalue weighted by atomic mass is 35.5. The molecule has 0 spiro atoms. The Balaban J connectivity index is 1.60. The summed E-state index contributed by atoms with van der Waals surface area (Å²) in [5.74, 6) is -2.69. The smallest absolute Gasteiger partial charge is 0.253 e. The Hall–Kier alpha value is -3.53. The summed E-state index contributed by atoms with van der Waals surface area (Å²) in [4.78, 5) is 27.9. The summed E-state index contributed by atoms with van der Waals surface area (Å²) in [5, 5.41) is 9.21. The number of imidazole rings is 1. The fraction of sp³-hybridized carbons (Fsp3) is 0.158. The molecule has 8 nitrogen and oxygen atoms in total. The Labute approximate surface area is 172 Å². The molecule has 0 bridgehead atoms. The lowest BCUT2D eigenvalue weighted by Crippen LogP contribution is -2.15. The molecule has 152 valence electrons. The number of alkyl halides is 1. The number of H-pyrrole nitrogens is 1. The van der Waals surface area contributed by atoms with Crippen molar-refractivity contribution in [1.29, 1.82) is 0 Å². The van der Waals surface area contributed by atoms with Crippen LogP contribution in [0.5, 0.6) is 0 Å². The van der Waals surface area contributed by atoms with E-state index in [4.69, 9.17) is 17.3 Å². The SMILES string of the molecule is NC(=O)c1c(F)c(Cl)c(-c2ccc3nc(NC(=O)[C@@H]4C[C@@H]4F)cn3c2)c2cn[nH]c12. The second-order valence-corrected chi connectivity index (χ2v) is 7.44. The van der Waals surface area contributed by atoms with E-state index in [9.17, 15) is 18.4 Å². The van der Waals surface area contributed by atoms with Gasteiger partial charge in [0.1, 0.15) is 17.4 Å². The van der Waals surface area contributed by atoms with E-state index in [1.807, 2.05) is 0 Å². The van der Waals surface area contributed by atoms with Crippen LogP contribution in [0.25, 0.3) is 27.7 Å². The van der Waals surface area contributed by atoms with Crippen LogP contribution in [0.2, 0.25) is 5.02 Å². The molecule has 0 saturated heterocycles. The van der Waals surface area contributed by atoms with Gasteiger partial charge in [-0.3, -0.25) is 14.7 Å². The largest absolute Gasteiger partial charge is 0.365 e. The van der Waals surface area contributed by atoms with Gasteiger partial charge in [0.15, 0.2) is 11.6 Å². The number of rotatable bonds is 4. The van der Waals surface area contributed by atoms with Gasteiger partial charge < -0.3 is 15.5 Å². The average Bonchev–Trinajstić information content (AvgIpc) is 3.08. The first-order valence-electron chi connectivity index (χ1n) is 8.93. The number of primary amides is 1. The van der Waals surface area contributed by atoms with Gasteiger partial charge in [-0.05, 0) is 18.6 Å². The van der Waals surface area contributed by atoms with Crippen molar-refractivity contribution >= 4 is 45.8 Å². The molecule has 3 aromatic heterocycles. The lowest BCUT2D eigenvalue weighted by atomic mass is 9.99. The summed E-state index contributed by atoms with van der Waals surface area (Å²) in [6, 6.07) is 3.33. The predicted octanol–water partition coefficient (Wildman–Crippen LogP) is 3.07. The molecule has 30 heavy (non-hydrogen) atoms. The minimum Gasteiger partial charge on any atom is -0.365 e. The molecular weight excluding hydrogens is 418 g/mol. The fourth-order valence-corrected chi connectivity index (χ4v) is 3.79. The zero-order valence-electron chi connectivity index (χ0n) is 15.1. The third kappa shape index (κ3) is 2.79. The van der Waals surface area contributed by atoms with Crippen LogP contribution < -0.4 is 11.1 Å². The second-order valence-electron chi connectivity index (χ2n) is 7.06. The number of aromatic nitrogens is 4. The Morgan fingerprint density at radius 1 is 1.33 bits per heavy atom. The quantitative estimate of drug-likeness (QED) is 0.461. The molecule has 0 radical (unpaired) electrons. The van der Waals surface area contributed by atoms with Crippen LogP contribution in [-0.2, 0) is 4.79 Å². The minimum absolute atomic E-state index is 0.142. The first-order valence-corrected chi connectivity index (χ1v) is 9.31. The molecule has 4 N–H and O–H groups in total. The first kappa shape index (κ1) is 18.5. The molecule has 2 amide bonds. The molecule has 11 heteroatoms. The van der Waals surface area contributed by atoms with Gasteiger partial charge in [-0.15, -0.1) is 0 Å². The van der Waals surface area contributed by atoms with E-state index in [0.717, 1.165) is 0 Å². The molecule has 1 aromatic carbocycles. The Bertz CT molecular complexity index is 1360. The molecule has 1 aliphatic rings. The van der Waals surface area contributed by atoms with Crippen LogP contribution in [0.4, 0.5) is 14.6 Å². The van der Waals surface area contributed by atoms with Crippen molar-refractivity contribution < 1.29 is 18.4 Å². The number of nitrogens with zero attached hydrogens (tertiary/aromatic N) is 3. The molecule has 1 saturated carbocycles. The Morgan fingerprint density at radius 3 is 2.80 bits per heavy atom. The number of anilines is 1. The number of fused-ring (bicyclic) bond motifs is 2. The van der Waals surface area contributed by atoms with Gasteiger partial charge in [-0.25, -0.2) is 13.8 Å². The number of benzene rings is 1. The number of aromatic amines is 1. The van der Waals surface area contributed by atoms with Crippen molar-refractivity contribution in [2.45, 2.75) is 12.6 Å². The summed E-state index contributed by atoms with van der Waals surface area (Å²) in [7, 11) is 0. The zero-order valence-corrected chi connectivity index (χ0v) is 15.9. The van der Waals surface area contributed by atoms with Crippen LogP contribution in [-0.4, -0.2) is 37.6 Å². The number of pyridine rings is 1. The topological polar surface area (TPSA) is 118 Å². The number of nitrogens with one attached hydrogen (secondary N) is 2. The van der Waals surface area contributed by atoms with E-state index in [0.29, 0.717) is 22.2 Å². The van der Waals surface area contributed by atoms with Crippen molar-refractivity contribution in [3.8, 4) is 11.1 Å². The third-order valence-electron chi connectivity index (χ3n) is 5.08. The predicted molar refractivity (Wildman–Crippen MR) is 105 cm³/mol. The maximum absolute atomic E-state index is 14.8. The lowest BCUT2D eigenvalue weighted by Gasteiger charge is -2.11. The summed E-state index contributed by atoms with van der Waals surface area (Å²) in [6.07, 6.45) is 3.74. The van der Waals surface area contributed by atoms with E-state index in [1.165, 1.54) is 6.20 Å². The normalized spacial score (nSPS) is 18.1. The number of hydrogen-bond acceptors (Lipinski definition) is 4. The molecule has 1 aliphatic carbocycles. The maximum Gasteiger partial charge on any atom is 0.253 e. The average molecular weight is 431 g/mol. The highest BCUT2D eigenvalue weighted by molar-refractivity contribution is 6.36. The second kappa shape index (κ2) is 6.49. The summed E-state index contributed by atoms with van der Waals surface area (Å²) >= 11 is 6.25. The van der Waals surface area contributed by atoms with Gasteiger partial charge in [0.05, 0.1) is 28.9 Å². The Morgan fingerprint density at radius 2 is 2.10 bits per heavy atom. The third-order valence-corrected chi connectivity index (χ3v) is 5.43. The molecular formula is C19H13ClF2N6O2. The van der Waals surface area contributed by atoms with Gasteiger partial charge >= 0.3 is 0 Å². The van der Waals surface area contributed by atoms with Gasteiger partial charge in [-0.1, -0.05) is 11.6 Å². The van der Waals surface area contributed by atoms with Crippen molar-refractivity contribution in [3.05, 3.63) is 47.1 Å². The van der Waals surface area contributed by atoms with Crippen LogP contribution in [0, 0.1) is 11.7 Å². The number of carbonyl (C=O) groups excluding carboxylic acids is 2. The molecule has 0 unspecified atom stereocenters. The highest BCUT2D eigenvalue weighted by Crippen LogP contribution is 2.39. The van der Waals surface area contributed by atoms with Gasteiger partial charge in [0.25, 0.3) is 5.91 Å². The van der Waals surface area contributed by atoms with E-state index < -0.39 is 29.7 Å². The molecule has 0 aliphatic heterocycles. The van der Waals surface area contributed by atoms with Crippen molar-refractivity contribution in [2.24, 2.45) is 11.7 Å². The van der Waals surface area contributed by atoms with E-state index in [-0.39, 0.29) is 28.3 Å². The zero-order chi connectivity index (χ0) is 21.2. The summed E-state index contributed by atoms with van der Waals surface area (Å²) < 4.78 is 29.5. The number of hydrogen-bond donors (Lipinski definition) is 3. The maximum atomic E-state index is 14.8. The highest BCUT2D eigenvalue weighted by Gasteiger charge is 2.43. The van der Waals surface area contributed by atoms with Crippen molar-refractivity contribution in [1.82, 2.24) is 19.6 Å². The van der Waals surface area contributed by atoms with Gasteiger partial charge in [-0.2, -0.15) is 5.10 Å². The minimum atomic E-state index is -1.11. The Kier molecular flexibility index (Phi) is 4.00. The molecule has 5 rings (SSSR count). The number of nitrogens with two attached hydrogens (primary N) is 1. The molecule has 4 aromatic rings. The van der Waals surface area contributed by atoms with Crippen LogP contribution >= 0.6 is 11.6 Å². The molecule has 1 fully saturated rings. The van der Waals surface area contributed by atoms with Crippen molar-refractivity contribution in [3.63, 3.8) is 0 Å². The number of halogens is 3. The summed E-state index contributed by atoms with van der Waals surface area (Å²) in [6.45, 7) is 0. The van der Waals surface area contributed by atoms with Crippen LogP contribution in [0.1, 0.15) is 16.8 Å². The van der Waals surface area contributed by atoms with Crippen LogP contribution in [0.15, 0.2) is 30.7 Å². The number of amides is 2. The standard InChI is InChI=1S/C19H13ClF2N6O2/c20-15-13(9-4-24-27-17(9)14(16(15)22)18(23)29)7-1-2-12-25-11(6-28(12)5-7)26-19(30)8-3-10(8)21/h1-2,4-6,8,10H,3H2,(H2,23,29)(H,24,27)(H,26,30)/t8-,10+/m1/s1. The fourth-order valence-electron chi connectivity index (χ4n) is 3.48. The lowest BCUT2D eigenvalue weighted by molar-refractivity contribution is -0.117. The van der Waals surface area contributed by atoms with E-state index in [1.54, 1.807) is 28.9 Å². The van der Waals surface area contributed by atoms with Crippen LogP contribution in [0.3, 0.4) is 0 Å². The molecule has 2 atom stereocenters. The van der Waals surface area contributed by atoms with Gasteiger partial charge in [0.2, 0.25) is 5.91 Å². The summed E-state index contributed by atoms with van der Waals surface area (Å²) in [5.41, 5.74) is 6.42. The van der Waals surface area contributed by atoms with Gasteiger partial charge in [0, 0.05) is 22.7 Å². The number of carbonyl (C=O) groups is 2. The van der Waals surface area contributed by atoms with E-state index in [2.05, 4.69) is 20.5 Å². The first-order chi connectivity index (χ1) is 14.3. The monoisotopic (exact) mass is 430 g/mol. The van der Waals surface area contributed by atoms with Crippen molar-refractivity contribution in [2.75, 3.05) is 5.32 Å². The molecule has 3 heterocycles.